The summed E-state index contributed by atoms with van der Waals surface area (Å²) in [6.45, 7) is 10.4. The van der Waals surface area contributed by atoms with Crippen LogP contribution < -0.4 is 5.32 Å². The number of nitrogens with one attached hydrogen (secondary N) is 1. The molecule has 0 saturated carbocycles. The van der Waals surface area contributed by atoms with Crippen LogP contribution >= 0.6 is 0 Å². The van der Waals surface area contributed by atoms with Crippen LogP contribution in [-0.2, 0) is 16.4 Å². The van der Waals surface area contributed by atoms with Crippen molar-refractivity contribution in [1.29, 1.82) is 0 Å². The lowest BCUT2D eigenvalue weighted by Gasteiger charge is -2.23. The standard InChI is InChI=1S/C27H26N4O2S/c1-28-22-7-3-20(4-8-22)26-24-13-16-31(18-19-11-14-29-15-12-19)25(24)17-30-27(26)21-5-9-23(10-6-21)34(2,32)33/h3-10,13,16-17,19,29H,11-12,14-15,18H2,2H3. The molecule has 0 radical (unpaired) electrons. The molecule has 0 unspecified atom stereocenters. The molecular formula is C27H26N4O2S. The third-order valence-corrected chi connectivity index (χ3v) is 7.71. The Kier molecular flexibility index (Phi) is 5.94. The number of sulfone groups is 1. The molecule has 172 valence electrons. The van der Waals surface area contributed by atoms with Crippen LogP contribution in [0, 0.1) is 12.5 Å². The molecule has 2 aromatic carbocycles. The highest BCUT2D eigenvalue weighted by Gasteiger charge is 2.19. The Morgan fingerprint density at radius 3 is 2.35 bits per heavy atom. The number of nitrogens with zero attached hydrogens (tertiary/aromatic N) is 3. The van der Waals surface area contributed by atoms with E-state index in [1.807, 2.05) is 42.6 Å². The van der Waals surface area contributed by atoms with Crippen molar-refractivity contribution in [1.82, 2.24) is 14.9 Å². The van der Waals surface area contributed by atoms with Gasteiger partial charge < -0.3 is 9.88 Å². The summed E-state index contributed by atoms with van der Waals surface area (Å²) >= 11 is 0. The Hall–Kier alpha value is -3.47. The second-order valence-corrected chi connectivity index (χ2v) is 10.9. The molecule has 4 aromatic rings. The van der Waals surface area contributed by atoms with Crippen LogP contribution in [0.15, 0.2) is 71.9 Å². The average molecular weight is 471 g/mol. The fourth-order valence-electron chi connectivity index (χ4n) is 4.73. The van der Waals surface area contributed by atoms with E-state index < -0.39 is 9.84 Å². The number of hydrogen-bond donors (Lipinski definition) is 1. The molecule has 0 bridgehead atoms. The predicted molar refractivity (Wildman–Crippen MR) is 136 cm³/mol. The zero-order valence-electron chi connectivity index (χ0n) is 19.0. The number of benzene rings is 2. The molecule has 1 aliphatic rings. The number of hydrogen-bond acceptors (Lipinski definition) is 4. The van der Waals surface area contributed by atoms with Crippen LogP contribution in [0.3, 0.4) is 0 Å². The first-order valence-corrected chi connectivity index (χ1v) is 13.3. The summed E-state index contributed by atoms with van der Waals surface area (Å²) in [4.78, 5) is 8.67. The quantitative estimate of drug-likeness (QED) is 0.401. The summed E-state index contributed by atoms with van der Waals surface area (Å²) in [5, 5.41) is 4.53. The van der Waals surface area contributed by atoms with E-state index >= 15 is 0 Å². The van der Waals surface area contributed by atoms with Gasteiger partial charge >= 0.3 is 0 Å². The molecule has 0 atom stereocenters. The normalized spacial score (nSPS) is 14.8. The second-order valence-electron chi connectivity index (χ2n) is 8.90. The highest BCUT2D eigenvalue weighted by molar-refractivity contribution is 7.90. The number of pyridine rings is 1. The van der Waals surface area contributed by atoms with E-state index in [4.69, 9.17) is 11.6 Å². The van der Waals surface area contributed by atoms with E-state index in [-0.39, 0.29) is 4.90 Å². The molecule has 1 saturated heterocycles. The minimum atomic E-state index is -3.27. The molecule has 0 amide bonds. The van der Waals surface area contributed by atoms with Crippen LogP contribution in [-0.4, -0.2) is 37.3 Å². The summed E-state index contributed by atoms with van der Waals surface area (Å²) < 4.78 is 26.1. The molecular weight excluding hydrogens is 444 g/mol. The van der Waals surface area contributed by atoms with Crippen molar-refractivity contribution in [2.24, 2.45) is 5.92 Å². The van der Waals surface area contributed by atoms with Crippen LogP contribution in [0.25, 0.3) is 38.1 Å². The van der Waals surface area contributed by atoms with Gasteiger partial charge in [-0.2, -0.15) is 0 Å². The van der Waals surface area contributed by atoms with Gasteiger partial charge in [0, 0.05) is 35.5 Å². The first-order chi connectivity index (χ1) is 16.4. The van der Waals surface area contributed by atoms with Crippen molar-refractivity contribution >= 4 is 26.4 Å². The monoisotopic (exact) mass is 470 g/mol. The predicted octanol–water partition coefficient (Wildman–Crippen LogP) is 5.32. The third kappa shape index (κ3) is 4.35. The van der Waals surface area contributed by atoms with Crippen LogP contribution in [0.2, 0.25) is 0 Å². The number of rotatable bonds is 5. The second kappa shape index (κ2) is 9.05. The lowest BCUT2D eigenvalue weighted by molar-refractivity contribution is 0.337. The maximum absolute atomic E-state index is 11.9. The van der Waals surface area contributed by atoms with Gasteiger partial charge in [-0.05, 0) is 55.6 Å². The summed E-state index contributed by atoms with van der Waals surface area (Å²) in [6, 6.07) is 16.6. The molecule has 1 N–H and O–H groups in total. The van der Waals surface area contributed by atoms with E-state index in [0.717, 1.165) is 52.9 Å². The lowest BCUT2D eigenvalue weighted by Crippen LogP contribution is -2.29. The van der Waals surface area contributed by atoms with Crippen molar-refractivity contribution in [3.8, 4) is 22.4 Å². The molecule has 1 fully saturated rings. The average Bonchev–Trinajstić information content (AvgIpc) is 3.26. The van der Waals surface area contributed by atoms with Gasteiger partial charge in [-0.15, -0.1) is 0 Å². The number of fused-ring (bicyclic) bond motifs is 1. The van der Waals surface area contributed by atoms with Crippen LogP contribution in [0.5, 0.6) is 0 Å². The fraction of sp³-hybridized carbons (Fsp3) is 0.259. The summed E-state index contributed by atoms with van der Waals surface area (Å²) in [5.41, 5.74) is 5.29. The molecule has 6 nitrogen and oxygen atoms in total. The van der Waals surface area contributed by atoms with Gasteiger partial charge in [0.05, 0.1) is 28.9 Å². The van der Waals surface area contributed by atoms with Gasteiger partial charge in [0.25, 0.3) is 0 Å². The van der Waals surface area contributed by atoms with Crippen molar-refractivity contribution in [2.45, 2.75) is 24.3 Å². The third-order valence-electron chi connectivity index (χ3n) is 6.58. The maximum Gasteiger partial charge on any atom is 0.187 e. The molecule has 0 aliphatic carbocycles. The van der Waals surface area contributed by atoms with Gasteiger partial charge in [0.2, 0.25) is 0 Å². The van der Waals surface area contributed by atoms with Gasteiger partial charge in [-0.3, -0.25) is 4.98 Å². The van der Waals surface area contributed by atoms with E-state index in [1.165, 1.54) is 19.1 Å². The highest BCUT2D eigenvalue weighted by atomic mass is 32.2. The Morgan fingerprint density at radius 2 is 1.71 bits per heavy atom. The summed E-state index contributed by atoms with van der Waals surface area (Å²) in [6.07, 6.45) is 7.61. The number of aromatic nitrogens is 2. The summed E-state index contributed by atoms with van der Waals surface area (Å²) in [7, 11) is -3.27. The summed E-state index contributed by atoms with van der Waals surface area (Å²) in [5.74, 6) is 0.640. The van der Waals surface area contributed by atoms with E-state index in [2.05, 4.69) is 27.0 Å². The zero-order valence-corrected chi connectivity index (χ0v) is 19.8. The van der Waals surface area contributed by atoms with Gasteiger partial charge in [-0.1, -0.05) is 36.4 Å². The first kappa shape index (κ1) is 22.3. The van der Waals surface area contributed by atoms with E-state index in [9.17, 15) is 8.42 Å². The smallest absolute Gasteiger partial charge is 0.187 e. The van der Waals surface area contributed by atoms with Crippen molar-refractivity contribution < 1.29 is 8.42 Å². The Balaban J connectivity index is 1.64. The SMILES string of the molecule is [C-]#[N+]c1ccc(-c2c(-c3ccc(S(C)(=O)=O)cc3)ncc3c2ccn3CC2CCNCC2)cc1. The fourth-order valence-corrected chi connectivity index (χ4v) is 5.36. The largest absolute Gasteiger partial charge is 0.346 e. The molecule has 2 aromatic heterocycles. The van der Waals surface area contributed by atoms with Gasteiger partial charge in [0.15, 0.2) is 15.5 Å². The zero-order chi connectivity index (χ0) is 23.7. The van der Waals surface area contributed by atoms with Gasteiger partial charge in [0.1, 0.15) is 0 Å². The Bertz CT molecular complexity index is 1470. The van der Waals surface area contributed by atoms with E-state index in [0.29, 0.717) is 11.6 Å². The van der Waals surface area contributed by atoms with Crippen molar-refractivity contribution in [3.05, 3.63) is 78.4 Å². The molecule has 7 heteroatoms. The Morgan fingerprint density at radius 1 is 1.03 bits per heavy atom. The topological polar surface area (TPSA) is 68.3 Å². The lowest BCUT2D eigenvalue weighted by atomic mass is 9.96. The molecule has 34 heavy (non-hydrogen) atoms. The molecule has 0 spiro atoms. The maximum atomic E-state index is 11.9. The first-order valence-electron chi connectivity index (χ1n) is 11.4. The van der Waals surface area contributed by atoms with E-state index in [1.54, 1.807) is 12.1 Å². The van der Waals surface area contributed by atoms with Gasteiger partial charge in [-0.25, -0.2) is 13.3 Å². The Labute approximate surface area is 200 Å². The van der Waals surface area contributed by atoms with Crippen LogP contribution in [0.1, 0.15) is 12.8 Å². The van der Waals surface area contributed by atoms with Crippen LogP contribution in [0.4, 0.5) is 5.69 Å². The van der Waals surface area contributed by atoms with Crippen molar-refractivity contribution in [2.75, 3.05) is 19.3 Å². The highest BCUT2D eigenvalue weighted by Crippen LogP contribution is 2.38. The number of piperidine rings is 1. The molecule has 1 aliphatic heterocycles. The minimum absolute atomic E-state index is 0.286. The minimum Gasteiger partial charge on any atom is -0.346 e. The molecule has 3 heterocycles. The van der Waals surface area contributed by atoms with Crippen molar-refractivity contribution in [3.63, 3.8) is 0 Å². The molecule has 5 rings (SSSR count).